The molecule has 1 aromatic carbocycles. The van der Waals surface area contributed by atoms with Crippen molar-refractivity contribution < 1.29 is 9.59 Å². The van der Waals surface area contributed by atoms with Crippen molar-refractivity contribution in [3.8, 4) is 0 Å². The third-order valence-corrected chi connectivity index (χ3v) is 3.48. The van der Waals surface area contributed by atoms with Crippen LogP contribution in [0.3, 0.4) is 0 Å². The quantitative estimate of drug-likeness (QED) is 0.786. The topological polar surface area (TPSA) is 69.9 Å². The molecule has 0 spiro atoms. The second kappa shape index (κ2) is 5.40. The van der Waals surface area contributed by atoms with Gasteiger partial charge in [-0.2, -0.15) is 0 Å². The number of nitrogens with zero attached hydrogens (tertiary/aromatic N) is 3. The van der Waals surface area contributed by atoms with Crippen LogP contribution in [0.5, 0.6) is 0 Å². The summed E-state index contributed by atoms with van der Waals surface area (Å²) in [6.45, 7) is 1.74. The van der Waals surface area contributed by atoms with Gasteiger partial charge in [-0.05, 0) is 18.2 Å². The number of anilines is 2. The van der Waals surface area contributed by atoms with Crippen molar-refractivity contribution in [2.45, 2.75) is 0 Å². The maximum Gasteiger partial charge on any atom is 0.253 e. The second-order valence-corrected chi connectivity index (χ2v) is 5.21. The largest absolute Gasteiger partial charge is 0.397 e. The highest BCUT2D eigenvalue weighted by Crippen LogP contribution is 2.26. The maximum atomic E-state index is 11.9. The fraction of sp³-hybridized carbons (Fsp3) is 0.429. The third kappa shape index (κ3) is 2.68. The highest BCUT2D eigenvalue weighted by Gasteiger charge is 2.23. The van der Waals surface area contributed by atoms with Crippen molar-refractivity contribution in [2.24, 2.45) is 0 Å². The van der Waals surface area contributed by atoms with E-state index in [9.17, 15) is 9.59 Å². The number of rotatable bonds is 2. The molecular weight excluding hydrogens is 256 g/mol. The summed E-state index contributed by atoms with van der Waals surface area (Å²) in [5, 5.41) is 0. The molecule has 0 aromatic heterocycles. The first-order valence-corrected chi connectivity index (χ1v) is 6.50. The van der Waals surface area contributed by atoms with Crippen LogP contribution < -0.4 is 10.6 Å². The van der Waals surface area contributed by atoms with Gasteiger partial charge in [-0.1, -0.05) is 0 Å². The molecule has 1 saturated heterocycles. The molecule has 0 bridgehead atoms. The Kier molecular flexibility index (Phi) is 3.83. The lowest BCUT2D eigenvalue weighted by Crippen LogP contribution is -2.48. The monoisotopic (exact) mass is 276 g/mol. The number of nitrogens with two attached hydrogens (primary N) is 1. The molecule has 1 aromatic rings. The van der Waals surface area contributed by atoms with Crippen molar-refractivity contribution in [3.05, 3.63) is 23.8 Å². The Morgan fingerprint density at radius 1 is 1.30 bits per heavy atom. The number of carbonyl (C=O) groups is 2. The van der Waals surface area contributed by atoms with Gasteiger partial charge in [0, 0.05) is 39.8 Å². The minimum Gasteiger partial charge on any atom is -0.397 e. The molecule has 0 unspecified atom stereocenters. The zero-order chi connectivity index (χ0) is 14.9. The Morgan fingerprint density at radius 3 is 2.55 bits per heavy atom. The van der Waals surface area contributed by atoms with E-state index >= 15 is 0 Å². The molecule has 1 fully saturated rings. The molecule has 1 aliphatic heterocycles. The Labute approximate surface area is 118 Å². The van der Waals surface area contributed by atoms with Crippen molar-refractivity contribution in [1.29, 1.82) is 0 Å². The van der Waals surface area contributed by atoms with Crippen LogP contribution in [0.4, 0.5) is 11.4 Å². The first-order chi connectivity index (χ1) is 9.40. The minimum atomic E-state index is -0.0855. The summed E-state index contributed by atoms with van der Waals surface area (Å²) in [7, 11) is 5.19. The van der Waals surface area contributed by atoms with Crippen LogP contribution in [-0.4, -0.2) is 62.4 Å². The molecule has 1 aliphatic rings. The molecule has 1 heterocycles. The van der Waals surface area contributed by atoms with Gasteiger partial charge in [0.05, 0.1) is 17.9 Å². The van der Waals surface area contributed by atoms with E-state index < -0.39 is 0 Å². The molecule has 108 valence electrons. The summed E-state index contributed by atoms with van der Waals surface area (Å²) >= 11 is 0. The predicted molar refractivity (Wildman–Crippen MR) is 78.7 cm³/mol. The first-order valence-electron chi connectivity index (χ1n) is 6.50. The van der Waals surface area contributed by atoms with Crippen LogP contribution in [0.1, 0.15) is 10.4 Å². The molecule has 0 saturated carbocycles. The lowest BCUT2D eigenvalue weighted by molar-refractivity contribution is -0.129. The van der Waals surface area contributed by atoms with E-state index in [-0.39, 0.29) is 11.8 Å². The molecule has 0 radical (unpaired) electrons. The molecule has 0 atom stereocenters. The molecule has 6 heteroatoms. The first kappa shape index (κ1) is 14.2. The van der Waals surface area contributed by atoms with Gasteiger partial charge in [-0.25, -0.2) is 0 Å². The van der Waals surface area contributed by atoms with Crippen LogP contribution in [0.25, 0.3) is 0 Å². The predicted octanol–water partition coefficient (Wildman–Crippen LogP) is 0.249. The molecule has 6 nitrogen and oxygen atoms in total. The molecule has 0 aliphatic carbocycles. The number of carbonyl (C=O) groups excluding carboxylic acids is 2. The van der Waals surface area contributed by atoms with Crippen LogP contribution in [0, 0.1) is 0 Å². The minimum absolute atomic E-state index is 0.0732. The Hall–Kier alpha value is -2.24. The summed E-state index contributed by atoms with van der Waals surface area (Å²) in [5.74, 6) is -0.0122. The van der Waals surface area contributed by atoms with Crippen LogP contribution in [0.15, 0.2) is 18.2 Å². The average molecular weight is 276 g/mol. The van der Waals surface area contributed by atoms with E-state index in [2.05, 4.69) is 0 Å². The number of benzene rings is 1. The maximum absolute atomic E-state index is 11.9. The Morgan fingerprint density at radius 2 is 2.00 bits per heavy atom. The van der Waals surface area contributed by atoms with Crippen LogP contribution in [-0.2, 0) is 4.79 Å². The molecule has 2 rings (SSSR count). The van der Waals surface area contributed by atoms with Crippen molar-refractivity contribution >= 4 is 23.2 Å². The number of piperazine rings is 1. The second-order valence-electron chi connectivity index (χ2n) is 5.21. The highest BCUT2D eigenvalue weighted by molar-refractivity contribution is 5.96. The smallest absolute Gasteiger partial charge is 0.253 e. The number of hydrogen-bond donors (Lipinski definition) is 1. The third-order valence-electron chi connectivity index (χ3n) is 3.48. The van der Waals surface area contributed by atoms with E-state index in [1.807, 2.05) is 11.0 Å². The summed E-state index contributed by atoms with van der Waals surface area (Å²) in [4.78, 5) is 28.8. The van der Waals surface area contributed by atoms with E-state index in [4.69, 9.17) is 5.73 Å². The summed E-state index contributed by atoms with van der Waals surface area (Å²) in [6.07, 6.45) is 0. The van der Waals surface area contributed by atoms with Gasteiger partial charge in [-0.15, -0.1) is 0 Å². The van der Waals surface area contributed by atoms with E-state index in [1.165, 1.54) is 4.90 Å². The summed E-state index contributed by atoms with van der Waals surface area (Å²) in [6, 6.07) is 5.22. The van der Waals surface area contributed by atoms with Crippen molar-refractivity contribution in [3.63, 3.8) is 0 Å². The summed E-state index contributed by atoms with van der Waals surface area (Å²) < 4.78 is 0. The Balaban J connectivity index is 2.22. The van der Waals surface area contributed by atoms with E-state index in [1.54, 1.807) is 38.2 Å². The number of amides is 2. The van der Waals surface area contributed by atoms with Crippen molar-refractivity contribution in [1.82, 2.24) is 9.80 Å². The normalized spacial score (nSPS) is 15.4. The number of nitrogen functional groups attached to an aromatic ring is 1. The molecule has 2 amide bonds. The van der Waals surface area contributed by atoms with Gasteiger partial charge in [-0.3, -0.25) is 9.59 Å². The van der Waals surface area contributed by atoms with Crippen LogP contribution >= 0.6 is 0 Å². The highest BCUT2D eigenvalue weighted by atomic mass is 16.2. The zero-order valence-electron chi connectivity index (χ0n) is 12.1. The SMILES string of the molecule is CN(C)C(=O)c1ccc(N2CCN(C)C(=O)C2)c(N)c1. The van der Waals surface area contributed by atoms with E-state index in [0.717, 1.165) is 12.2 Å². The number of hydrogen-bond acceptors (Lipinski definition) is 4. The van der Waals surface area contributed by atoms with Gasteiger partial charge >= 0.3 is 0 Å². The molecule has 20 heavy (non-hydrogen) atoms. The van der Waals surface area contributed by atoms with E-state index in [0.29, 0.717) is 24.3 Å². The van der Waals surface area contributed by atoms with Gasteiger partial charge in [0.15, 0.2) is 0 Å². The lowest BCUT2D eigenvalue weighted by atomic mass is 10.1. The standard InChI is InChI=1S/C14H20N4O2/c1-16(2)14(20)10-4-5-12(11(15)8-10)18-7-6-17(3)13(19)9-18/h4-5,8H,6-7,9,15H2,1-3H3. The van der Waals surface area contributed by atoms with Gasteiger partial charge < -0.3 is 20.4 Å². The Bertz CT molecular complexity index is 542. The van der Waals surface area contributed by atoms with Gasteiger partial charge in [0.25, 0.3) is 5.91 Å². The van der Waals surface area contributed by atoms with Crippen molar-refractivity contribution in [2.75, 3.05) is 51.4 Å². The fourth-order valence-corrected chi connectivity index (χ4v) is 2.20. The zero-order valence-corrected chi connectivity index (χ0v) is 12.1. The fourth-order valence-electron chi connectivity index (χ4n) is 2.20. The van der Waals surface area contributed by atoms with Gasteiger partial charge in [0.2, 0.25) is 5.91 Å². The molecule has 2 N–H and O–H groups in total. The number of likely N-dealkylation sites (N-methyl/N-ethyl adjacent to an activating group) is 1. The average Bonchev–Trinajstić information content (AvgIpc) is 2.41. The summed E-state index contributed by atoms with van der Waals surface area (Å²) in [5.41, 5.74) is 7.92. The van der Waals surface area contributed by atoms with Gasteiger partial charge in [0.1, 0.15) is 0 Å². The van der Waals surface area contributed by atoms with Crippen LogP contribution in [0.2, 0.25) is 0 Å². The molecular formula is C14H20N4O2. The lowest BCUT2D eigenvalue weighted by Gasteiger charge is -2.34.